The van der Waals surface area contributed by atoms with Gasteiger partial charge in [-0.3, -0.25) is 0 Å². The van der Waals surface area contributed by atoms with Crippen molar-refractivity contribution < 1.29 is 8.23 Å². The fourth-order valence-electron chi connectivity index (χ4n) is 1.36. The summed E-state index contributed by atoms with van der Waals surface area (Å²) in [7, 11) is -2.88. The molecule has 0 aliphatic rings. The predicted molar refractivity (Wildman–Crippen MR) is 89.2 cm³/mol. The third-order valence-corrected chi connectivity index (χ3v) is 16.9. The fraction of sp³-hybridized carbons (Fsp3) is 0.818. The molecule has 0 aromatic heterocycles. The Balaban J connectivity index is 3.74. The normalized spacial score (nSPS) is 13.9. The molecule has 0 bridgehead atoms. The summed E-state index contributed by atoms with van der Waals surface area (Å²) in [6.45, 7) is 17.7. The zero-order valence-electron chi connectivity index (χ0n) is 12.5. The van der Waals surface area contributed by atoms with Gasteiger partial charge in [-0.2, -0.15) is 0 Å². The van der Waals surface area contributed by atoms with Gasteiger partial charge in [0.2, 0.25) is 0 Å². The molecule has 0 fully saturated rings. The summed E-state index contributed by atoms with van der Waals surface area (Å²) in [6.07, 6.45) is 0. The van der Waals surface area contributed by atoms with Crippen LogP contribution in [0.5, 0.6) is 0 Å². The van der Waals surface area contributed by atoms with Crippen molar-refractivity contribution in [1.29, 1.82) is 0 Å². The molecule has 0 radical (unpaired) electrons. The first-order chi connectivity index (χ1) is 7.74. The largest absolute Gasteiger partial charge is 0.463 e. The van der Waals surface area contributed by atoms with E-state index in [2.05, 4.69) is 46.6 Å². The molecule has 102 valence electrons. The molecule has 0 unspecified atom stereocenters. The summed E-state index contributed by atoms with van der Waals surface area (Å²) in [5, 5.41) is 0. The van der Waals surface area contributed by atoms with Crippen LogP contribution in [-0.4, -0.2) is 36.9 Å². The van der Waals surface area contributed by atoms with Crippen molar-refractivity contribution in [2.24, 2.45) is 5.92 Å². The van der Waals surface area contributed by atoms with Gasteiger partial charge in [-0.15, -0.1) is 0 Å². The molecule has 0 rings (SSSR count). The van der Waals surface area contributed by atoms with E-state index in [1.165, 1.54) is 11.2 Å². The van der Waals surface area contributed by atoms with E-state index in [0.717, 1.165) is 6.04 Å². The van der Waals surface area contributed by atoms with E-state index < -0.39 is 27.1 Å². The maximum absolute atomic E-state index is 6.22. The van der Waals surface area contributed by atoms with Crippen molar-refractivity contribution in [2.75, 3.05) is 0 Å². The lowest BCUT2D eigenvalue weighted by Gasteiger charge is -2.24. The van der Waals surface area contributed by atoms with Crippen molar-refractivity contribution in [1.82, 2.24) is 0 Å². The summed E-state index contributed by atoms with van der Waals surface area (Å²) in [4.78, 5) is 0. The fourth-order valence-corrected chi connectivity index (χ4v) is 12.1. The number of hydrogen-bond acceptors (Lipinski definition) is 2. The molecule has 0 amide bonds. The smallest absolute Gasteiger partial charge is 0.171 e. The molecule has 6 heteroatoms. The Morgan fingerprint density at radius 2 is 1.88 bits per heavy atom. The standard InChI is InChI=1S/C11H30O2Si4/c1-10(2)11(3)8-14-13-17(6,7)9-15-12-16(4)5/h10,16H,3,8-9,14-15H2,1-2,4-7H3. The van der Waals surface area contributed by atoms with Crippen molar-refractivity contribution >= 4 is 36.9 Å². The molecule has 0 saturated heterocycles. The zero-order valence-corrected chi connectivity index (χ0v) is 17.5. The zero-order chi connectivity index (χ0) is 13.5. The number of rotatable bonds is 9. The molecule has 0 atom stereocenters. The van der Waals surface area contributed by atoms with E-state index in [9.17, 15) is 0 Å². The molecule has 2 nitrogen and oxygen atoms in total. The monoisotopic (exact) mass is 306 g/mol. The van der Waals surface area contributed by atoms with E-state index in [-0.39, 0.29) is 9.76 Å². The van der Waals surface area contributed by atoms with Crippen LogP contribution in [0.4, 0.5) is 0 Å². The average Bonchev–Trinajstić information content (AvgIpc) is 2.15. The van der Waals surface area contributed by atoms with Gasteiger partial charge in [0.05, 0.1) is 0 Å². The third-order valence-electron chi connectivity index (χ3n) is 2.89. The Morgan fingerprint density at radius 1 is 1.29 bits per heavy atom. The highest BCUT2D eigenvalue weighted by molar-refractivity contribution is 6.82. The molecular weight excluding hydrogens is 276 g/mol. The Kier molecular flexibility index (Phi) is 8.87. The summed E-state index contributed by atoms with van der Waals surface area (Å²) in [5.41, 5.74) is 2.64. The second kappa shape index (κ2) is 8.60. The minimum atomic E-state index is -1.39. The summed E-state index contributed by atoms with van der Waals surface area (Å²) < 4.78 is 12.1. The lowest BCUT2D eigenvalue weighted by molar-refractivity contribution is 0.580. The maximum atomic E-state index is 6.22. The van der Waals surface area contributed by atoms with Crippen molar-refractivity contribution in [3.8, 4) is 0 Å². The van der Waals surface area contributed by atoms with Gasteiger partial charge >= 0.3 is 0 Å². The Bertz CT molecular complexity index is 230. The quantitative estimate of drug-likeness (QED) is 0.479. The lowest BCUT2D eigenvalue weighted by Crippen LogP contribution is -2.35. The van der Waals surface area contributed by atoms with Crippen molar-refractivity contribution in [3.05, 3.63) is 12.2 Å². The van der Waals surface area contributed by atoms with Gasteiger partial charge < -0.3 is 8.23 Å². The molecule has 17 heavy (non-hydrogen) atoms. The molecule has 0 aromatic carbocycles. The van der Waals surface area contributed by atoms with Gasteiger partial charge in [-0.05, 0) is 43.8 Å². The van der Waals surface area contributed by atoms with Crippen LogP contribution >= 0.6 is 0 Å². The molecule has 0 heterocycles. The first kappa shape index (κ1) is 17.5. The van der Waals surface area contributed by atoms with E-state index in [0.29, 0.717) is 5.92 Å². The minimum absolute atomic E-state index is 0.305. The Hall–Kier alpha value is 0.528. The highest BCUT2D eigenvalue weighted by Gasteiger charge is 2.22. The average molecular weight is 307 g/mol. The van der Waals surface area contributed by atoms with Gasteiger partial charge in [-0.25, -0.2) is 0 Å². The van der Waals surface area contributed by atoms with Crippen LogP contribution in [0, 0.1) is 5.92 Å². The minimum Gasteiger partial charge on any atom is -0.463 e. The summed E-state index contributed by atoms with van der Waals surface area (Å²) >= 11 is 0. The maximum Gasteiger partial charge on any atom is 0.171 e. The third kappa shape index (κ3) is 10.2. The van der Waals surface area contributed by atoms with Gasteiger partial charge in [0, 0.05) is 0 Å². The SMILES string of the molecule is C=C(C[SiH2]O[Si](C)(C)C[SiH2]O[SiH](C)C)C(C)C. The van der Waals surface area contributed by atoms with Gasteiger partial charge in [-0.1, -0.05) is 26.0 Å². The molecule has 0 N–H and O–H groups in total. The summed E-state index contributed by atoms with van der Waals surface area (Å²) in [6, 6.07) is 1.15. The van der Waals surface area contributed by atoms with Gasteiger partial charge in [0.15, 0.2) is 27.1 Å². The molecule has 0 aliphatic heterocycles. The van der Waals surface area contributed by atoms with Gasteiger partial charge in [0.25, 0.3) is 0 Å². The van der Waals surface area contributed by atoms with E-state index in [1.54, 1.807) is 0 Å². The van der Waals surface area contributed by atoms with Crippen molar-refractivity contribution in [3.63, 3.8) is 0 Å². The highest BCUT2D eigenvalue weighted by Crippen LogP contribution is 2.14. The van der Waals surface area contributed by atoms with Crippen LogP contribution in [0.15, 0.2) is 12.2 Å². The second-order valence-corrected chi connectivity index (χ2v) is 17.3. The topological polar surface area (TPSA) is 18.5 Å². The van der Waals surface area contributed by atoms with Crippen LogP contribution in [-0.2, 0) is 8.23 Å². The van der Waals surface area contributed by atoms with E-state index in [1.807, 2.05) is 0 Å². The lowest BCUT2D eigenvalue weighted by atomic mass is 10.1. The summed E-state index contributed by atoms with van der Waals surface area (Å²) in [5.74, 6) is 0.612. The van der Waals surface area contributed by atoms with Crippen molar-refractivity contribution in [2.45, 2.75) is 51.7 Å². The molecule has 0 aliphatic carbocycles. The first-order valence-electron chi connectivity index (χ1n) is 6.68. The molecule has 0 spiro atoms. The number of allylic oxidation sites excluding steroid dienone is 1. The van der Waals surface area contributed by atoms with Crippen LogP contribution in [0.1, 0.15) is 13.8 Å². The Labute approximate surface area is 115 Å². The second-order valence-electron chi connectivity index (χ2n) is 5.84. The molecule has 0 aromatic rings. The van der Waals surface area contributed by atoms with E-state index in [4.69, 9.17) is 8.23 Å². The Morgan fingerprint density at radius 3 is 2.35 bits per heavy atom. The predicted octanol–water partition coefficient (Wildman–Crippen LogP) is 1.96. The van der Waals surface area contributed by atoms with Crippen LogP contribution in [0.25, 0.3) is 0 Å². The van der Waals surface area contributed by atoms with E-state index >= 15 is 0 Å². The highest BCUT2D eigenvalue weighted by atomic mass is 28.4. The number of hydrogen-bond donors (Lipinski definition) is 0. The molecular formula is C11H30O2Si4. The van der Waals surface area contributed by atoms with Crippen LogP contribution < -0.4 is 0 Å². The first-order valence-corrected chi connectivity index (χ1v) is 15.7. The van der Waals surface area contributed by atoms with Crippen LogP contribution in [0.3, 0.4) is 0 Å². The molecule has 0 saturated carbocycles. The van der Waals surface area contributed by atoms with Crippen LogP contribution in [0.2, 0.25) is 37.9 Å². The van der Waals surface area contributed by atoms with Gasteiger partial charge in [0.1, 0.15) is 9.76 Å².